The van der Waals surface area contributed by atoms with E-state index in [0.29, 0.717) is 17.8 Å². The van der Waals surface area contributed by atoms with Gasteiger partial charge >= 0.3 is 0 Å². The number of para-hydroxylation sites is 1. The second-order valence-corrected chi connectivity index (χ2v) is 3.90. The number of carbonyl (C=O) groups excluding carboxylic acids is 1. The molecule has 3 heteroatoms. The Labute approximate surface area is 105 Å². The quantitative estimate of drug-likeness (QED) is 0.760. The van der Waals surface area contributed by atoms with E-state index < -0.39 is 5.82 Å². The van der Waals surface area contributed by atoms with E-state index in [2.05, 4.69) is 0 Å². The van der Waals surface area contributed by atoms with E-state index in [1.807, 2.05) is 31.2 Å². The minimum Gasteiger partial charge on any atom is -0.457 e. The van der Waals surface area contributed by atoms with Gasteiger partial charge in [-0.25, -0.2) is 4.39 Å². The van der Waals surface area contributed by atoms with E-state index in [9.17, 15) is 9.18 Å². The van der Waals surface area contributed by atoms with Gasteiger partial charge in [0.05, 0.1) is 0 Å². The maximum absolute atomic E-state index is 13.3. The highest BCUT2D eigenvalue weighted by Gasteiger charge is 2.05. The molecule has 0 unspecified atom stereocenters. The van der Waals surface area contributed by atoms with Crippen LogP contribution >= 0.6 is 0 Å². The van der Waals surface area contributed by atoms with Crippen molar-refractivity contribution >= 4 is 6.29 Å². The summed E-state index contributed by atoms with van der Waals surface area (Å²) in [6.45, 7) is 2.02. The summed E-state index contributed by atoms with van der Waals surface area (Å²) in [7, 11) is 0. The van der Waals surface area contributed by atoms with E-state index in [4.69, 9.17) is 4.74 Å². The van der Waals surface area contributed by atoms with E-state index in [-0.39, 0.29) is 5.56 Å². The largest absolute Gasteiger partial charge is 0.457 e. The van der Waals surface area contributed by atoms with Gasteiger partial charge in [-0.1, -0.05) is 25.1 Å². The summed E-state index contributed by atoms with van der Waals surface area (Å²) in [5, 5.41) is 0. The van der Waals surface area contributed by atoms with Gasteiger partial charge < -0.3 is 4.74 Å². The first kappa shape index (κ1) is 12.3. The number of rotatable bonds is 4. The lowest BCUT2D eigenvalue weighted by Crippen LogP contribution is -1.92. The van der Waals surface area contributed by atoms with Crippen LogP contribution in [0.25, 0.3) is 0 Å². The van der Waals surface area contributed by atoms with Crippen LogP contribution in [0.2, 0.25) is 0 Å². The van der Waals surface area contributed by atoms with Gasteiger partial charge in [0.2, 0.25) is 0 Å². The molecule has 0 aliphatic rings. The number of ether oxygens (including phenoxy) is 1. The molecule has 2 rings (SSSR count). The number of aldehydes is 1. The van der Waals surface area contributed by atoms with Crippen molar-refractivity contribution in [2.24, 2.45) is 0 Å². The normalized spacial score (nSPS) is 10.1. The van der Waals surface area contributed by atoms with Gasteiger partial charge in [-0.2, -0.15) is 0 Å². The van der Waals surface area contributed by atoms with Gasteiger partial charge in [0.1, 0.15) is 23.6 Å². The molecule has 0 radical (unpaired) electrons. The van der Waals surface area contributed by atoms with Crippen molar-refractivity contribution in [2.45, 2.75) is 13.3 Å². The number of carbonyl (C=O) groups is 1. The Morgan fingerprint density at radius 1 is 1.22 bits per heavy atom. The Balaban J connectivity index is 2.33. The van der Waals surface area contributed by atoms with E-state index in [1.54, 1.807) is 0 Å². The van der Waals surface area contributed by atoms with Crippen LogP contribution in [0.5, 0.6) is 11.5 Å². The van der Waals surface area contributed by atoms with Crippen molar-refractivity contribution < 1.29 is 13.9 Å². The Morgan fingerprint density at radius 3 is 2.72 bits per heavy atom. The zero-order valence-corrected chi connectivity index (χ0v) is 10.0. The van der Waals surface area contributed by atoms with Crippen LogP contribution in [0.4, 0.5) is 4.39 Å². The summed E-state index contributed by atoms with van der Waals surface area (Å²) in [6.07, 6.45) is 1.42. The SMILES string of the molecule is CCc1ccccc1Oc1cc(F)cc(C=O)c1. The molecule has 2 aromatic carbocycles. The average Bonchev–Trinajstić information content (AvgIpc) is 2.38. The van der Waals surface area contributed by atoms with Crippen LogP contribution < -0.4 is 4.74 Å². The predicted molar refractivity (Wildman–Crippen MR) is 67.7 cm³/mol. The number of hydrogen-bond donors (Lipinski definition) is 0. The van der Waals surface area contributed by atoms with Crippen molar-refractivity contribution in [2.75, 3.05) is 0 Å². The highest BCUT2D eigenvalue weighted by atomic mass is 19.1. The van der Waals surface area contributed by atoms with Crippen molar-refractivity contribution in [3.63, 3.8) is 0 Å². The van der Waals surface area contributed by atoms with E-state index in [1.165, 1.54) is 18.2 Å². The Morgan fingerprint density at radius 2 is 2.00 bits per heavy atom. The molecule has 0 bridgehead atoms. The summed E-state index contributed by atoms with van der Waals surface area (Å²) in [6, 6.07) is 11.5. The zero-order valence-electron chi connectivity index (χ0n) is 10.0. The Hall–Kier alpha value is -2.16. The lowest BCUT2D eigenvalue weighted by atomic mass is 10.1. The topological polar surface area (TPSA) is 26.3 Å². The molecule has 0 heterocycles. The molecule has 2 nitrogen and oxygen atoms in total. The second kappa shape index (κ2) is 5.45. The summed E-state index contributed by atoms with van der Waals surface area (Å²) in [4.78, 5) is 10.7. The third kappa shape index (κ3) is 2.74. The monoisotopic (exact) mass is 244 g/mol. The minimum atomic E-state index is -0.483. The predicted octanol–water partition coefficient (Wildman–Crippen LogP) is 3.99. The van der Waals surface area contributed by atoms with Crippen molar-refractivity contribution in [3.8, 4) is 11.5 Å². The van der Waals surface area contributed by atoms with Gasteiger partial charge in [-0.15, -0.1) is 0 Å². The Kier molecular flexibility index (Phi) is 3.72. The van der Waals surface area contributed by atoms with Gasteiger partial charge in [0.15, 0.2) is 0 Å². The molecular formula is C15H13FO2. The standard InChI is InChI=1S/C15H13FO2/c1-2-12-5-3-4-6-15(12)18-14-8-11(10-17)7-13(16)9-14/h3-10H,2H2,1H3. The molecule has 2 aromatic rings. The maximum atomic E-state index is 13.3. The van der Waals surface area contributed by atoms with Gasteiger partial charge in [0.25, 0.3) is 0 Å². The molecular weight excluding hydrogens is 231 g/mol. The van der Waals surface area contributed by atoms with Crippen LogP contribution in [0.1, 0.15) is 22.8 Å². The smallest absolute Gasteiger partial charge is 0.150 e. The lowest BCUT2D eigenvalue weighted by Gasteiger charge is -2.10. The number of hydrogen-bond acceptors (Lipinski definition) is 2. The van der Waals surface area contributed by atoms with Gasteiger partial charge in [0, 0.05) is 11.6 Å². The van der Waals surface area contributed by atoms with Crippen LogP contribution in [0.15, 0.2) is 42.5 Å². The van der Waals surface area contributed by atoms with Crippen LogP contribution in [0, 0.1) is 5.82 Å². The molecule has 0 aliphatic carbocycles. The highest BCUT2D eigenvalue weighted by molar-refractivity contribution is 5.75. The molecule has 0 spiro atoms. The Bertz CT molecular complexity index is 564. The molecule has 0 saturated carbocycles. The molecule has 0 aromatic heterocycles. The fourth-order valence-corrected chi connectivity index (χ4v) is 1.73. The molecule has 0 amide bonds. The summed E-state index contributed by atoms with van der Waals surface area (Å²) >= 11 is 0. The van der Waals surface area contributed by atoms with Crippen LogP contribution in [0.3, 0.4) is 0 Å². The summed E-state index contributed by atoms with van der Waals surface area (Å²) < 4.78 is 18.9. The third-order valence-corrected chi connectivity index (χ3v) is 2.61. The fraction of sp³-hybridized carbons (Fsp3) is 0.133. The van der Waals surface area contributed by atoms with E-state index >= 15 is 0 Å². The number of aryl methyl sites for hydroxylation is 1. The highest BCUT2D eigenvalue weighted by Crippen LogP contribution is 2.26. The summed E-state index contributed by atoms with van der Waals surface area (Å²) in [5.41, 5.74) is 1.30. The van der Waals surface area contributed by atoms with Crippen molar-refractivity contribution in [1.29, 1.82) is 0 Å². The minimum absolute atomic E-state index is 0.263. The first-order valence-electron chi connectivity index (χ1n) is 5.74. The van der Waals surface area contributed by atoms with Crippen LogP contribution in [-0.2, 0) is 6.42 Å². The fourth-order valence-electron chi connectivity index (χ4n) is 1.73. The zero-order chi connectivity index (χ0) is 13.0. The van der Waals surface area contributed by atoms with Crippen molar-refractivity contribution in [1.82, 2.24) is 0 Å². The second-order valence-electron chi connectivity index (χ2n) is 3.90. The first-order chi connectivity index (χ1) is 8.72. The number of halogens is 1. The maximum Gasteiger partial charge on any atom is 0.150 e. The molecule has 0 N–H and O–H groups in total. The van der Waals surface area contributed by atoms with Crippen molar-refractivity contribution in [3.05, 3.63) is 59.4 Å². The average molecular weight is 244 g/mol. The van der Waals surface area contributed by atoms with Crippen LogP contribution in [-0.4, -0.2) is 6.29 Å². The van der Waals surface area contributed by atoms with E-state index in [0.717, 1.165) is 12.0 Å². The molecule has 18 heavy (non-hydrogen) atoms. The molecule has 0 fully saturated rings. The summed E-state index contributed by atoms with van der Waals surface area (Å²) in [5.74, 6) is 0.532. The molecule has 0 atom stereocenters. The van der Waals surface area contributed by atoms with Gasteiger partial charge in [-0.3, -0.25) is 4.79 Å². The lowest BCUT2D eigenvalue weighted by molar-refractivity contribution is 0.112. The molecule has 92 valence electrons. The number of benzene rings is 2. The molecule has 0 aliphatic heterocycles. The molecule has 0 saturated heterocycles. The van der Waals surface area contributed by atoms with Gasteiger partial charge in [-0.05, 0) is 30.2 Å². The first-order valence-corrected chi connectivity index (χ1v) is 5.74. The third-order valence-electron chi connectivity index (χ3n) is 2.61.